The average molecular weight is 322 g/mol. The van der Waals surface area contributed by atoms with Gasteiger partial charge in [0.05, 0.1) is 0 Å². The molecule has 0 saturated heterocycles. The Labute approximate surface area is 131 Å². The summed E-state index contributed by atoms with van der Waals surface area (Å²) in [6.07, 6.45) is 0. The van der Waals surface area contributed by atoms with Crippen LogP contribution >= 0.6 is 11.6 Å². The van der Waals surface area contributed by atoms with Crippen molar-refractivity contribution in [2.24, 2.45) is 0 Å². The van der Waals surface area contributed by atoms with Crippen molar-refractivity contribution in [3.05, 3.63) is 70.5 Å². The van der Waals surface area contributed by atoms with E-state index in [1.54, 1.807) is 24.3 Å². The van der Waals surface area contributed by atoms with E-state index in [0.717, 1.165) is 6.07 Å². The maximum atomic E-state index is 13.0. The Morgan fingerprint density at radius 3 is 2.64 bits per heavy atom. The van der Waals surface area contributed by atoms with Crippen LogP contribution in [0.5, 0.6) is 0 Å². The Balaban J connectivity index is 1.81. The molecular weight excluding hydrogens is 309 g/mol. The number of nitrogens with one attached hydrogen (secondary N) is 1. The van der Waals surface area contributed by atoms with Gasteiger partial charge in [0.2, 0.25) is 0 Å². The maximum absolute atomic E-state index is 13.0. The van der Waals surface area contributed by atoms with Crippen LogP contribution in [0.2, 0.25) is 5.02 Å². The Hall–Kier alpha value is -2.40. The number of amides is 1. The predicted octanol–water partition coefficient (Wildman–Crippen LogP) is 2.95. The summed E-state index contributed by atoms with van der Waals surface area (Å²) in [6.45, 7) is -0.284. The highest BCUT2D eigenvalue weighted by atomic mass is 35.5. The largest absolute Gasteiger partial charge is 0.459 e. The first-order valence-corrected chi connectivity index (χ1v) is 6.87. The second-order valence-electron chi connectivity index (χ2n) is 4.45. The molecule has 0 atom stereocenters. The van der Waals surface area contributed by atoms with Gasteiger partial charge in [-0.1, -0.05) is 35.9 Å². The van der Waals surface area contributed by atoms with Gasteiger partial charge < -0.3 is 10.1 Å². The summed E-state index contributed by atoms with van der Waals surface area (Å²) in [6, 6.07) is 12.2. The van der Waals surface area contributed by atoms with Crippen LogP contribution in [-0.2, 0) is 16.1 Å². The number of ether oxygens (including phenoxy) is 1. The normalized spacial score (nSPS) is 10.1. The topological polar surface area (TPSA) is 55.4 Å². The van der Waals surface area contributed by atoms with E-state index in [4.69, 9.17) is 16.3 Å². The Morgan fingerprint density at radius 1 is 1.14 bits per heavy atom. The quantitative estimate of drug-likeness (QED) is 0.861. The molecule has 0 heterocycles. The van der Waals surface area contributed by atoms with Crippen LogP contribution in [0.15, 0.2) is 48.5 Å². The van der Waals surface area contributed by atoms with E-state index in [-0.39, 0.29) is 18.7 Å². The van der Waals surface area contributed by atoms with Crippen molar-refractivity contribution in [2.45, 2.75) is 6.61 Å². The summed E-state index contributed by atoms with van der Waals surface area (Å²) in [5.41, 5.74) is 0.813. The van der Waals surface area contributed by atoms with Crippen LogP contribution in [0, 0.1) is 5.82 Å². The number of benzene rings is 2. The molecule has 2 aromatic rings. The second-order valence-corrected chi connectivity index (χ2v) is 4.85. The number of hydrogen-bond acceptors (Lipinski definition) is 3. The third-order valence-corrected chi connectivity index (χ3v) is 3.20. The van der Waals surface area contributed by atoms with E-state index in [1.807, 2.05) is 0 Å². The number of halogens is 2. The molecule has 4 nitrogen and oxygen atoms in total. The molecule has 0 bridgehead atoms. The van der Waals surface area contributed by atoms with Crippen molar-refractivity contribution in [3.8, 4) is 0 Å². The van der Waals surface area contributed by atoms with E-state index < -0.39 is 17.7 Å². The molecule has 22 heavy (non-hydrogen) atoms. The van der Waals surface area contributed by atoms with Crippen LogP contribution in [0.4, 0.5) is 4.39 Å². The van der Waals surface area contributed by atoms with E-state index >= 15 is 0 Å². The fourth-order valence-corrected chi connectivity index (χ4v) is 1.90. The Kier molecular flexibility index (Phi) is 5.49. The van der Waals surface area contributed by atoms with Crippen LogP contribution in [0.25, 0.3) is 0 Å². The van der Waals surface area contributed by atoms with Gasteiger partial charge in [-0.05, 0) is 24.3 Å². The third kappa shape index (κ3) is 4.56. The van der Waals surface area contributed by atoms with E-state index in [2.05, 4.69) is 5.32 Å². The summed E-state index contributed by atoms with van der Waals surface area (Å²) in [4.78, 5) is 23.3. The monoisotopic (exact) mass is 321 g/mol. The van der Waals surface area contributed by atoms with E-state index in [9.17, 15) is 14.0 Å². The minimum atomic E-state index is -0.607. The van der Waals surface area contributed by atoms with Gasteiger partial charge in [-0.15, -0.1) is 0 Å². The van der Waals surface area contributed by atoms with Crippen LogP contribution in [-0.4, -0.2) is 18.4 Å². The summed E-state index contributed by atoms with van der Waals surface area (Å²) in [5.74, 6) is -1.67. The summed E-state index contributed by atoms with van der Waals surface area (Å²) in [7, 11) is 0. The highest BCUT2D eigenvalue weighted by molar-refractivity contribution is 6.31. The molecule has 1 amide bonds. The Bertz CT molecular complexity index is 691. The SMILES string of the molecule is O=C(CNC(=O)c1cccc(F)c1)OCc1ccccc1Cl. The van der Waals surface area contributed by atoms with E-state index in [0.29, 0.717) is 10.6 Å². The molecule has 0 aliphatic heterocycles. The van der Waals surface area contributed by atoms with Crippen molar-refractivity contribution < 1.29 is 18.7 Å². The van der Waals surface area contributed by atoms with Gasteiger partial charge in [0, 0.05) is 16.1 Å². The standard InChI is InChI=1S/C16H13ClFNO3/c17-14-7-2-1-4-12(14)10-22-15(20)9-19-16(21)11-5-3-6-13(18)8-11/h1-8H,9-10H2,(H,19,21). The lowest BCUT2D eigenvalue weighted by atomic mass is 10.2. The molecule has 0 spiro atoms. The zero-order chi connectivity index (χ0) is 15.9. The molecule has 0 saturated carbocycles. The lowest BCUT2D eigenvalue weighted by Gasteiger charge is -2.07. The molecule has 0 aliphatic carbocycles. The lowest BCUT2D eigenvalue weighted by Crippen LogP contribution is -2.30. The Morgan fingerprint density at radius 2 is 1.91 bits per heavy atom. The smallest absolute Gasteiger partial charge is 0.325 e. The van der Waals surface area contributed by atoms with Crippen molar-refractivity contribution >= 4 is 23.5 Å². The fourth-order valence-electron chi connectivity index (χ4n) is 1.71. The average Bonchev–Trinajstić information content (AvgIpc) is 2.52. The molecule has 2 rings (SSSR count). The van der Waals surface area contributed by atoms with Crippen molar-refractivity contribution in [1.29, 1.82) is 0 Å². The van der Waals surface area contributed by atoms with Gasteiger partial charge in [-0.2, -0.15) is 0 Å². The summed E-state index contributed by atoms with van der Waals surface area (Å²) >= 11 is 5.93. The first-order valence-electron chi connectivity index (χ1n) is 6.49. The van der Waals surface area contributed by atoms with Gasteiger partial charge in [0.1, 0.15) is 19.0 Å². The first kappa shape index (κ1) is 16.0. The fraction of sp³-hybridized carbons (Fsp3) is 0.125. The number of hydrogen-bond donors (Lipinski definition) is 1. The van der Waals surface area contributed by atoms with E-state index in [1.165, 1.54) is 18.2 Å². The van der Waals surface area contributed by atoms with Crippen LogP contribution in [0.3, 0.4) is 0 Å². The molecule has 114 valence electrons. The summed E-state index contributed by atoms with van der Waals surface area (Å²) < 4.78 is 18.0. The lowest BCUT2D eigenvalue weighted by molar-refractivity contribution is -0.143. The third-order valence-electron chi connectivity index (χ3n) is 2.83. The maximum Gasteiger partial charge on any atom is 0.325 e. The minimum Gasteiger partial charge on any atom is -0.459 e. The van der Waals surface area contributed by atoms with Gasteiger partial charge in [-0.3, -0.25) is 9.59 Å². The molecule has 1 N–H and O–H groups in total. The van der Waals surface area contributed by atoms with Crippen LogP contribution in [0.1, 0.15) is 15.9 Å². The molecule has 6 heteroatoms. The van der Waals surface area contributed by atoms with Crippen molar-refractivity contribution in [2.75, 3.05) is 6.54 Å². The highest BCUT2D eigenvalue weighted by Crippen LogP contribution is 2.15. The van der Waals surface area contributed by atoms with Crippen molar-refractivity contribution in [3.63, 3.8) is 0 Å². The molecular formula is C16H13ClFNO3. The number of carbonyl (C=O) groups excluding carboxylic acids is 2. The van der Waals surface area contributed by atoms with Gasteiger partial charge >= 0.3 is 5.97 Å². The highest BCUT2D eigenvalue weighted by Gasteiger charge is 2.10. The molecule has 0 unspecified atom stereocenters. The first-order chi connectivity index (χ1) is 10.6. The van der Waals surface area contributed by atoms with Crippen molar-refractivity contribution in [1.82, 2.24) is 5.32 Å². The molecule has 2 aromatic carbocycles. The number of carbonyl (C=O) groups is 2. The van der Waals surface area contributed by atoms with Crippen LogP contribution < -0.4 is 5.32 Å². The second kappa shape index (κ2) is 7.56. The molecule has 0 fully saturated rings. The summed E-state index contributed by atoms with van der Waals surface area (Å²) in [5, 5.41) is 2.86. The van der Waals surface area contributed by atoms with Gasteiger partial charge in [0.15, 0.2) is 0 Å². The number of rotatable bonds is 5. The molecule has 0 radical (unpaired) electrons. The zero-order valence-corrected chi connectivity index (χ0v) is 12.3. The minimum absolute atomic E-state index is 0.0222. The number of esters is 1. The van der Waals surface area contributed by atoms with Gasteiger partial charge in [0.25, 0.3) is 5.91 Å². The predicted molar refractivity (Wildman–Crippen MR) is 80.0 cm³/mol. The zero-order valence-electron chi connectivity index (χ0n) is 11.5. The molecule has 0 aliphatic rings. The molecule has 0 aromatic heterocycles. The van der Waals surface area contributed by atoms with Gasteiger partial charge in [-0.25, -0.2) is 4.39 Å².